The topological polar surface area (TPSA) is 98.1 Å². The average molecular weight is 238 g/mol. The lowest BCUT2D eigenvalue weighted by atomic mass is 10.2. The lowest BCUT2D eigenvalue weighted by molar-refractivity contribution is 0.0706. The Hall–Kier alpha value is -1.89. The lowest BCUT2D eigenvalue weighted by Crippen LogP contribution is -2.52. The molecule has 3 N–H and O–H groups in total. The highest BCUT2D eigenvalue weighted by Gasteiger charge is 2.23. The zero-order chi connectivity index (χ0) is 12.4. The number of hydrogen-bond acceptors (Lipinski definition) is 4. The number of nitrogens with one attached hydrogen (secondary N) is 3. The van der Waals surface area contributed by atoms with Gasteiger partial charge in [0.2, 0.25) is 0 Å². The summed E-state index contributed by atoms with van der Waals surface area (Å²) in [6.07, 6.45) is 1.16. The van der Waals surface area contributed by atoms with E-state index < -0.39 is 11.2 Å². The van der Waals surface area contributed by atoms with Gasteiger partial charge in [0, 0.05) is 31.9 Å². The van der Waals surface area contributed by atoms with Crippen LogP contribution in [0.3, 0.4) is 0 Å². The predicted octanol–water partition coefficient (Wildman–Crippen LogP) is -1.50. The Labute approximate surface area is 96.8 Å². The van der Waals surface area contributed by atoms with Gasteiger partial charge in [-0.25, -0.2) is 4.79 Å². The van der Waals surface area contributed by atoms with Crippen molar-refractivity contribution in [2.45, 2.75) is 13.0 Å². The van der Waals surface area contributed by atoms with E-state index in [1.807, 2.05) is 11.9 Å². The van der Waals surface area contributed by atoms with Crippen LogP contribution >= 0.6 is 0 Å². The van der Waals surface area contributed by atoms with Crippen LogP contribution in [0.2, 0.25) is 0 Å². The van der Waals surface area contributed by atoms with E-state index in [0.717, 1.165) is 6.20 Å². The molecule has 0 bridgehead atoms. The number of piperazine rings is 1. The minimum absolute atomic E-state index is 0.0290. The molecule has 7 nitrogen and oxygen atoms in total. The summed E-state index contributed by atoms with van der Waals surface area (Å²) in [5.41, 5.74) is -1.29. The maximum absolute atomic E-state index is 12.0. The van der Waals surface area contributed by atoms with Crippen molar-refractivity contribution in [2.24, 2.45) is 0 Å². The standard InChI is InChI=1S/C10H14N4O3/c1-6-5-14(3-2-11-6)9(16)7-4-12-10(17)13-8(7)15/h4,6,11H,2-3,5H2,1H3,(H2,12,13,15,17)/t6-/m0/s1. The number of hydrogen-bond donors (Lipinski definition) is 3. The monoisotopic (exact) mass is 238 g/mol. The molecule has 1 aromatic heterocycles. The number of H-pyrrole nitrogens is 2. The Bertz CT molecular complexity index is 533. The first kappa shape index (κ1) is 11.6. The van der Waals surface area contributed by atoms with Gasteiger partial charge in [-0.15, -0.1) is 0 Å². The lowest BCUT2D eigenvalue weighted by Gasteiger charge is -2.31. The summed E-state index contributed by atoms with van der Waals surface area (Å²) in [5, 5.41) is 3.20. The highest BCUT2D eigenvalue weighted by molar-refractivity contribution is 5.93. The molecule has 1 saturated heterocycles. The summed E-state index contributed by atoms with van der Waals surface area (Å²) >= 11 is 0. The third-order valence-corrected chi connectivity index (χ3v) is 2.71. The van der Waals surface area contributed by atoms with E-state index in [1.54, 1.807) is 4.90 Å². The van der Waals surface area contributed by atoms with E-state index in [4.69, 9.17) is 0 Å². The maximum Gasteiger partial charge on any atom is 0.325 e. The summed E-state index contributed by atoms with van der Waals surface area (Å²) < 4.78 is 0. The Balaban J connectivity index is 2.24. The molecule has 1 atom stereocenters. The number of nitrogens with zero attached hydrogens (tertiary/aromatic N) is 1. The quantitative estimate of drug-likeness (QED) is 0.554. The third kappa shape index (κ3) is 2.44. The van der Waals surface area contributed by atoms with E-state index >= 15 is 0 Å². The molecule has 92 valence electrons. The Morgan fingerprint density at radius 3 is 2.88 bits per heavy atom. The largest absolute Gasteiger partial charge is 0.336 e. The molecular formula is C10H14N4O3. The second-order valence-electron chi connectivity index (χ2n) is 4.09. The van der Waals surface area contributed by atoms with Crippen LogP contribution < -0.4 is 16.6 Å². The van der Waals surface area contributed by atoms with Crippen molar-refractivity contribution < 1.29 is 4.79 Å². The molecule has 1 aliphatic heterocycles. The van der Waals surface area contributed by atoms with E-state index in [-0.39, 0.29) is 17.5 Å². The van der Waals surface area contributed by atoms with Gasteiger partial charge >= 0.3 is 5.69 Å². The van der Waals surface area contributed by atoms with Crippen molar-refractivity contribution in [1.82, 2.24) is 20.2 Å². The fourth-order valence-corrected chi connectivity index (χ4v) is 1.86. The summed E-state index contributed by atoms with van der Waals surface area (Å²) in [6, 6.07) is 0.203. The van der Waals surface area contributed by atoms with Crippen LogP contribution in [0.25, 0.3) is 0 Å². The van der Waals surface area contributed by atoms with E-state index in [2.05, 4.69) is 10.3 Å². The first-order chi connectivity index (χ1) is 8.08. The van der Waals surface area contributed by atoms with Gasteiger partial charge in [0.1, 0.15) is 5.56 Å². The highest BCUT2D eigenvalue weighted by Crippen LogP contribution is 2.02. The Morgan fingerprint density at radius 1 is 1.47 bits per heavy atom. The van der Waals surface area contributed by atoms with E-state index in [9.17, 15) is 14.4 Å². The van der Waals surface area contributed by atoms with Gasteiger partial charge in [-0.3, -0.25) is 14.6 Å². The van der Waals surface area contributed by atoms with Gasteiger partial charge in [-0.1, -0.05) is 0 Å². The van der Waals surface area contributed by atoms with Crippen LogP contribution in [-0.2, 0) is 0 Å². The SMILES string of the molecule is C[C@H]1CN(C(=O)c2c[nH]c(=O)[nH]c2=O)CCN1. The van der Waals surface area contributed by atoms with Crippen molar-refractivity contribution >= 4 is 5.91 Å². The third-order valence-electron chi connectivity index (χ3n) is 2.71. The van der Waals surface area contributed by atoms with Gasteiger partial charge in [-0.05, 0) is 6.92 Å². The van der Waals surface area contributed by atoms with E-state index in [1.165, 1.54) is 0 Å². The molecule has 1 aromatic rings. The number of aromatic amines is 2. The molecule has 0 radical (unpaired) electrons. The summed E-state index contributed by atoms with van der Waals surface area (Å²) in [4.78, 5) is 40.3. The number of amides is 1. The summed E-state index contributed by atoms with van der Waals surface area (Å²) in [6.45, 7) is 3.78. The number of aromatic nitrogens is 2. The molecule has 0 aromatic carbocycles. The van der Waals surface area contributed by atoms with Crippen molar-refractivity contribution in [1.29, 1.82) is 0 Å². The molecule has 2 rings (SSSR count). The van der Waals surface area contributed by atoms with Crippen LogP contribution in [-0.4, -0.2) is 46.5 Å². The van der Waals surface area contributed by atoms with Gasteiger partial charge < -0.3 is 15.2 Å². The number of carbonyl (C=O) groups is 1. The number of rotatable bonds is 1. The highest BCUT2D eigenvalue weighted by atomic mass is 16.2. The van der Waals surface area contributed by atoms with Crippen LogP contribution in [0.5, 0.6) is 0 Å². The first-order valence-electron chi connectivity index (χ1n) is 5.42. The second-order valence-corrected chi connectivity index (χ2v) is 4.09. The maximum atomic E-state index is 12.0. The molecule has 1 fully saturated rings. The summed E-state index contributed by atoms with van der Waals surface area (Å²) in [7, 11) is 0. The molecule has 0 unspecified atom stereocenters. The average Bonchev–Trinajstić information content (AvgIpc) is 2.28. The normalized spacial score (nSPS) is 20.3. The van der Waals surface area contributed by atoms with Crippen molar-refractivity contribution in [2.75, 3.05) is 19.6 Å². The van der Waals surface area contributed by atoms with E-state index in [0.29, 0.717) is 19.6 Å². The molecule has 1 amide bonds. The van der Waals surface area contributed by atoms with Crippen molar-refractivity contribution in [3.8, 4) is 0 Å². The van der Waals surface area contributed by atoms with Crippen molar-refractivity contribution in [3.05, 3.63) is 32.6 Å². The van der Waals surface area contributed by atoms with Crippen LogP contribution in [0, 0.1) is 0 Å². The van der Waals surface area contributed by atoms with Crippen molar-refractivity contribution in [3.63, 3.8) is 0 Å². The molecule has 17 heavy (non-hydrogen) atoms. The van der Waals surface area contributed by atoms with Crippen LogP contribution in [0.4, 0.5) is 0 Å². The fraction of sp³-hybridized carbons (Fsp3) is 0.500. The Kier molecular flexibility index (Phi) is 3.10. The molecular weight excluding hydrogens is 224 g/mol. The predicted molar refractivity (Wildman–Crippen MR) is 61.1 cm³/mol. The molecule has 0 spiro atoms. The molecule has 0 saturated carbocycles. The molecule has 1 aliphatic rings. The fourth-order valence-electron chi connectivity index (χ4n) is 1.86. The van der Waals surface area contributed by atoms with Gasteiger partial charge in [0.25, 0.3) is 11.5 Å². The van der Waals surface area contributed by atoms with Gasteiger partial charge in [-0.2, -0.15) is 0 Å². The van der Waals surface area contributed by atoms with Crippen LogP contribution in [0.1, 0.15) is 17.3 Å². The minimum atomic E-state index is -0.648. The zero-order valence-corrected chi connectivity index (χ0v) is 9.45. The zero-order valence-electron chi connectivity index (χ0n) is 9.45. The van der Waals surface area contributed by atoms with Crippen LogP contribution in [0.15, 0.2) is 15.8 Å². The first-order valence-corrected chi connectivity index (χ1v) is 5.42. The second kappa shape index (κ2) is 4.54. The summed E-state index contributed by atoms with van der Waals surface area (Å²) in [5.74, 6) is -0.351. The Morgan fingerprint density at radius 2 is 2.24 bits per heavy atom. The smallest absolute Gasteiger partial charge is 0.325 e. The molecule has 2 heterocycles. The number of carbonyl (C=O) groups excluding carboxylic acids is 1. The van der Waals surface area contributed by atoms with Gasteiger partial charge in [0.15, 0.2) is 0 Å². The van der Waals surface area contributed by atoms with Gasteiger partial charge in [0.05, 0.1) is 0 Å². The molecule has 7 heteroatoms. The minimum Gasteiger partial charge on any atom is -0.336 e. The molecule has 0 aliphatic carbocycles.